The van der Waals surface area contributed by atoms with Crippen molar-refractivity contribution in [2.75, 3.05) is 0 Å². The second kappa shape index (κ2) is 15.5. The highest BCUT2D eigenvalue weighted by molar-refractivity contribution is 6.00. The summed E-state index contributed by atoms with van der Waals surface area (Å²) in [6, 6.07) is 0. The van der Waals surface area contributed by atoms with Crippen molar-refractivity contribution in [2.45, 2.75) is 178 Å². The highest BCUT2D eigenvalue weighted by Crippen LogP contribution is 2.73. The SMILES string of the molecule is CCC[C@@H]1CC[C@H]2[C@H](C)[C@H]([C@@H](O)[C@](C)(O)[C@H]3CC[C@@]4(O)C5=C(C[C@H](O)[C@H](C)O)C(=O)[C@@H]6C[C@@H](O)[C@@H](O)C[C@@]67C[C@H](C6=CNC(N)C=C6)C=C[C@H](C[C@]34C)[C@@H]57)O[C@@H]2CC1. The fourth-order valence-corrected chi connectivity index (χ4v) is 14.7. The quantitative estimate of drug-likeness (QED) is 0.153. The van der Waals surface area contributed by atoms with E-state index in [9.17, 15) is 35.7 Å². The van der Waals surface area contributed by atoms with E-state index in [4.69, 9.17) is 10.5 Å². The lowest BCUT2D eigenvalue weighted by Crippen LogP contribution is -2.66. The van der Waals surface area contributed by atoms with Crippen LogP contribution in [-0.4, -0.2) is 102 Å². The molecule has 20 atom stereocenters. The molecule has 6 aliphatic carbocycles. The molecule has 0 radical (unpaired) electrons. The molecule has 0 aromatic carbocycles. The number of aliphatic hydroxyl groups excluding tert-OH is 5. The Morgan fingerprint density at radius 3 is 2.47 bits per heavy atom. The minimum atomic E-state index is -1.66. The predicted molar refractivity (Wildman–Crippen MR) is 219 cm³/mol. The van der Waals surface area contributed by atoms with Crippen LogP contribution in [0, 0.1) is 58.2 Å². The van der Waals surface area contributed by atoms with Crippen molar-refractivity contribution in [1.29, 1.82) is 0 Å². The average molecular weight is 809 g/mol. The van der Waals surface area contributed by atoms with E-state index < -0.39 is 76.4 Å². The van der Waals surface area contributed by atoms with Crippen LogP contribution in [0.3, 0.4) is 0 Å². The largest absolute Gasteiger partial charge is 0.391 e. The standard InChI is InChI=1S/C47H72N2O9/c1-6-7-26-8-13-30-24(2)42(58-36(30)14-9-26)43(55)45(5,56)37-16-17-47(57)40-31(18-33(51)25(3)50)41(54)32-19-34(52)35(53)22-46(32)21-27(29-12-15-38(48)49-23-29)10-11-28(39(40)46)20-44(37,47)4/h10-12,15,23-28,30,32-39,42-43,49-53,55-57H,6-9,13-14,16-22,48H2,1-5H3/t24-,25-,26+,27+,28+,30-,32-,33-,34+,35-,36+,37-,38?,39-,42+,43+,44+,45+,46-,47+/m0/s1. The van der Waals surface area contributed by atoms with Gasteiger partial charge in [0.25, 0.3) is 0 Å². The van der Waals surface area contributed by atoms with Crippen LogP contribution in [0.2, 0.25) is 0 Å². The molecule has 8 aliphatic rings. The smallest absolute Gasteiger partial charge is 0.162 e. The molecule has 11 heteroatoms. The second-order valence-electron chi connectivity index (χ2n) is 20.9. The van der Waals surface area contributed by atoms with Crippen molar-refractivity contribution < 1.29 is 45.3 Å². The van der Waals surface area contributed by atoms with E-state index in [1.807, 2.05) is 25.3 Å². The molecule has 10 N–H and O–H groups in total. The Kier molecular flexibility index (Phi) is 11.4. The minimum Gasteiger partial charge on any atom is -0.391 e. The summed E-state index contributed by atoms with van der Waals surface area (Å²) in [5.41, 5.74) is 2.80. The summed E-state index contributed by atoms with van der Waals surface area (Å²) in [5, 5.41) is 86.6. The van der Waals surface area contributed by atoms with Crippen LogP contribution in [0.25, 0.3) is 0 Å². The van der Waals surface area contributed by atoms with E-state index in [1.54, 1.807) is 6.92 Å². The van der Waals surface area contributed by atoms with Gasteiger partial charge in [-0.25, -0.2) is 0 Å². The van der Waals surface area contributed by atoms with E-state index >= 15 is 4.79 Å². The number of rotatable bonds is 9. The van der Waals surface area contributed by atoms with Gasteiger partial charge in [0.1, 0.15) is 6.10 Å². The summed E-state index contributed by atoms with van der Waals surface area (Å²) < 4.78 is 6.75. The zero-order valence-corrected chi connectivity index (χ0v) is 35.3. The van der Waals surface area contributed by atoms with Gasteiger partial charge in [0, 0.05) is 35.4 Å². The van der Waals surface area contributed by atoms with Gasteiger partial charge in [0.15, 0.2) is 5.78 Å². The summed E-state index contributed by atoms with van der Waals surface area (Å²) in [7, 11) is 0. The molecule has 5 fully saturated rings. The third kappa shape index (κ3) is 6.59. The molecule has 11 nitrogen and oxygen atoms in total. The number of hydrogen-bond acceptors (Lipinski definition) is 11. The molecule has 0 amide bonds. The Morgan fingerprint density at radius 2 is 1.78 bits per heavy atom. The van der Waals surface area contributed by atoms with E-state index in [-0.39, 0.29) is 61.5 Å². The number of Topliss-reactive ketones (excluding diaryl/α,β-unsaturated/α-hetero) is 1. The number of nitrogens with one attached hydrogen (secondary N) is 1. The number of ketones is 1. The van der Waals surface area contributed by atoms with Crippen LogP contribution in [0.15, 0.2) is 47.2 Å². The number of carbonyl (C=O) groups excluding carboxylic acids is 1. The van der Waals surface area contributed by atoms with E-state index in [0.29, 0.717) is 42.2 Å². The van der Waals surface area contributed by atoms with Crippen molar-refractivity contribution in [3.05, 3.63) is 47.2 Å². The first-order valence-electron chi connectivity index (χ1n) is 22.7. The van der Waals surface area contributed by atoms with Crippen LogP contribution < -0.4 is 11.1 Å². The van der Waals surface area contributed by atoms with Gasteiger partial charge in [0.05, 0.1) is 54.0 Å². The highest BCUT2D eigenvalue weighted by atomic mass is 16.5. The molecule has 0 bridgehead atoms. The van der Waals surface area contributed by atoms with Gasteiger partial charge in [-0.3, -0.25) is 4.79 Å². The molecular weight excluding hydrogens is 737 g/mol. The Bertz CT molecular complexity index is 1710. The monoisotopic (exact) mass is 809 g/mol. The maximum absolute atomic E-state index is 15.3. The van der Waals surface area contributed by atoms with Crippen molar-refractivity contribution >= 4 is 5.78 Å². The second-order valence-corrected chi connectivity index (χ2v) is 20.9. The molecule has 2 aliphatic heterocycles. The fourth-order valence-electron chi connectivity index (χ4n) is 14.7. The van der Waals surface area contributed by atoms with Crippen molar-refractivity contribution in [1.82, 2.24) is 5.32 Å². The molecule has 4 saturated carbocycles. The van der Waals surface area contributed by atoms with Gasteiger partial charge in [-0.05, 0) is 130 Å². The number of allylic oxidation sites excluding steroid dienone is 4. The maximum Gasteiger partial charge on any atom is 0.162 e. The molecule has 0 aromatic heterocycles. The van der Waals surface area contributed by atoms with Gasteiger partial charge < -0.3 is 51.5 Å². The predicted octanol–water partition coefficient (Wildman–Crippen LogP) is 3.93. The van der Waals surface area contributed by atoms with E-state index in [2.05, 4.69) is 31.3 Å². The van der Waals surface area contributed by atoms with Gasteiger partial charge in [0.2, 0.25) is 0 Å². The summed E-state index contributed by atoms with van der Waals surface area (Å²) in [4.78, 5) is 15.3. The number of dihydropyridines is 1. The molecule has 8 rings (SSSR count). The van der Waals surface area contributed by atoms with Crippen molar-refractivity contribution in [2.24, 2.45) is 63.9 Å². The third-order valence-electron chi connectivity index (χ3n) is 17.7. The highest BCUT2D eigenvalue weighted by Gasteiger charge is 2.73. The lowest BCUT2D eigenvalue weighted by molar-refractivity contribution is -0.204. The topological polar surface area (TPSA) is 206 Å². The summed E-state index contributed by atoms with van der Waals surface area (Å²) in [6.45, 7) is 9.59. The Hall–Kier alpha value is -1.93. The van der Waals surface area contributed by atoms with Crippen LogP contribution >= 0.6 is 0 Å². The van der Waals surface area contributed by atoms with Crippen LogP contribution in [0.5, 0.6) is 0 Å². The number of carbonyl (C=O) groups is 1. The summed E-state index contributed by atoms with van der Waals surface area (Å²) in [5.74, 6) is -1.32. The molecule has 1 unspecified atom stereocenters. The maximum atomic E-state index is 15.3. The Labute approximate surface area is 344 Å². The molecule has 324 valence electrons. The zero-order valence-electron chi connectivity index (χ0n) is 35.3. The van der Waals surface area contributed by atoms with Gasteiger partial charge in [-0.1, -0.05) is 58.3 Å². The van der Waals surface area contributed by atoms with Gasteiger partial charge >= 0.3 is 0 Å². The summed E-state index contributed by atoms with van der Waals surface area (Å²) >= 11 is 0. The number of aliphatic hydroxyl groups is 7. The van der Waals surface area contributed by atoms with Crippen molar-refractivity contribution in [3.8, 4) is 0 Å². The zero-order chi connectivity index (χ0) is 41.7. The lowest BCUT2D eigenvalue weighted by Gasteiger charge is -2.64. The van der Waals surface area contributed by atoms with Crippen LogP contribution in [-0.2, 0) is 9.53 Å². The molecule has 1 spiro atoms. The van der Waals surface area contributed by atoms with E-state index in [0.717, 1.165) is 31.3 Å². The van der Waals surface area contributed by atoms with Crippen LogP contribution in [0.4, 0.5) is 0 Å². The Balaban J connectivity index is 1.21. The fraction of sp³-hybridized carbons (Fsp3) is 0.809. The number of fused-ring (bicyclic) bond motifs is 3. The molecular formula is C47H72N2O9. The van der Waals surface area contributed by atoms with E-state index in [1.165, 1.54) is 19.8 Å². The molecule has 0 aromatic rings. The van der Waals surface area contributed by atoms with Gasteiger partial charge in [-0.15, -0.1) is 0 Å². The summed E-state index contributed by atoms with van der Waals surface area (Å²) in [6.07, 6.45) is 11.8. The Morgan fingerprint density at radius 1 is 1.03 bits per heavy atom. The number of hydrogen-bond donors (Lipinski definition) is 9. The normalized spacial score (nSPS) is 48.6. The lowest BCUT2D eigenvalue weighted by atomic mass is 9.40. The molecule has 2 heterocycles. The van der Waals surface area contributed by atoms with Crippen molar-refractivity contribution in [3.63, 3.8) is 0 Å². The first kappa shape index (κ1) is 42.7. The minimum absolute atomic E-state index is 0.0396. The average Bonchev–Trinajstić information content (AvgIpc) is 3.47. The third-order valence-corrected chi connectivity index (χ3v) is 17.7. The molecule has 58 heavy (non-hydrogen) atoms. The first-order chi connectivity index (χ1) is 27.4. The molecule has 1 saturated heterocycles. The number of nitrogens with two attached hydrogens (primary N) is 1. The first-order valence-corrected chi connectivity index (χ1v) is 22.7. The number of ether oxygens (including phenoxy) is 1. The van der Waals surface area contributed by atoms with Gasteiger partial charge in [-0.2, -0.15) is 0 Å². The van der Waals surface area contributed by atoms with Crippen LogP contribution in [0.1, 0.15) is 118 Å².